The summed E-state index contributed by atoms with van der Waals surface area (Å²) in [6.07, 6.45) is 0. The van der Waals surface area contributed by atoms with Crippen LogP contribution in [-0.4, -0.2) is 10.9 Å². The Morgan fingerprint density at radius 3 is 2.56 bits per heavy atom. The molecule has 7 heteroatoms. The number of anilines is 1. The Hall–Kier alpha value is -2.09. The third-order valence-electron chi connectivity index (χ3n) is 3.91. The fourth-order valence-electron chi connectivity index (χ4n) is 2.59. The Morgan fingerprint density at radius 1 is 1.00 bits per heavy atom. The Bertz CT molecular complexity index is 1160. The maximum Gasteiger partial charge on any atom is 0.257 e. The summed E-state index contributed by atoms with van der Waals surface area (Å²) in [7, 11) is 0. The number of carbonyl (C=O) groups excluding carboxylic acids is 1. The van der Waals surface area contributed by atoms with E-state index >= 15 is 0 Å². The number of fused-ring (bicyclic) bond motifs is 1. The van der Waals surface area contributed by atoms with Gasteiger partial charge in [-0.15, -0.1) is 0 Å². The van der Waals surface area contributed by atoms with Gasteiger partial charge in [-0.2, -0.15) is 0 Å². The van der Waals surface area contributed by atoms with Gasteiger partial charge in [0.05, 0.1) is 10.6 Å². The first-order chi connectivity index (χ1) is 13.0. The maximum absolute atomic E-state index is 12.4. The highest BCUT2D eigenvalue weighted by atomic mass is 127. The first kappa shape index (κ1) is 18.3. The number of nitrogens with zero attached hydrogens (tertiary/aromatic N) is 1. The van der Waals surface area contributed by atoms with Crippen LogP contribution in [0.1, 0.15) is 10.4 Å². The van der Waals surface area contributed by atoms with Gasteiger partial charge in [0.25, 0.3) is 5.91 Å². The lowest BCUT2D eigenvalue weighted by molar-refractivity contribution is 0.102. The van der Waals surface area contributed by atoms with Gasteiger partial charge < -0.3 is 9.73 Å². The quantitative estimate of drug-likeness (QED) is 0.315. The van der Waals surface area contributed by atoms with E-state index in [0.717, 1.165) is 9.13 Å². The third kappa shape index (κ3) is 3.95. The lowest BCUT2D eigenvalue weighted by Gasteiger charge is -2.07. The molecule has 0 aliphatic carbocycles. The van der Waals surface area contributed by atoms with E-state index in [-0.39, 0.29) is 5.91 Å². The smallest absolute Gasteiger partial charge is 0.257 e. The van der Waals surface area contributed by atoms with Crippen molar-refractivity contribution in [1.82, 2.24) is 4.98 Å². The zero-order valence-corrected chi connectivity index (χ0v) is 17.3. The molecule has 1 heterocycles. The molecule has 3 aromatic carbocycles. The summed E-state index contributed by atoms with van der Waals surface area (Å²) in [5.41, 5.74) is 3.25. The van der Waals surface area contributed by atoms with Crippen LogP contribution in [-0.2, 0) is 0 Å². The van der Waals surface area contributed by atoms with Crippen LogP contribution >= 0.6 is 45.8 Å². The van der Waals surface area contributed by atoms with Crippen LogP contribution in [0.4, 0.5) is 5.69 Å². The minimum atomic E-state index is -0.261. The number of oxazole rings is 1. The molecule has 27 heavy (non-hydrogen) atoms. The lowest BCUT2D eigenvalue weighted by atomic mass is 10.2. The molecule has 4 rings (SSSR count). The molecule has 1 amide bonds. The van der Waals surface area contributed by atoms with E-state index in [1.165, 1.54) is 0 Å². The van der Waals surface area contributed by atoms with E-state index in [1.807, 2.05) is 18.2 Å². The van der Waals surface area contributed by atoms with Gasteiger partial charge in [0.1, 0.15) is 5.52 Å². The highest BCUT2D eigenvalue weighted by Gasteiger charge is 2.12. The number of hydrogen-bond acceptors (Lipinski definition) is 3. The molecule has 0 fully saturated rings. The van der Waals surface area contributed by atoms with Crippen molar-refractivity contribution in [2.75, 3.05) is 5.32 Å². The van der Waals surface area contributed by atoms with Crippen molar-refractivity contribution in [2.45, 2.75) is 0 Å². The second-order valence-electron chi connectivity index (χ2n) is 5.79. The van der Waals surface area contributed by atoms with Crippen LogP contribution < -0.4 is 5.32 Å². The largest absolute Gasteiger partial charge is 0.436 e. The molecule has 0 spiro atoms. The summed E-state index contributed by atoms with van der Waals surface area (Å²) in [4.78, 5) is 16.9. The van der Waals surface area contributed by atoms with Crippen molar-refractivity contribution in [3.8, 4) is 11.5 Å². The number of hydrogen-bond donors (Lipinski definition) is 1. The summed E-state index contributed by atoms with van der Waals surface area (Å²) < 4.78 is 6.69. The molecule has 0 atom stereocenters. The number of halogens is 3. The molecule has 134 valence electrons. The number of aromatic nitrogens is 1. The first-order valence-corrected chi connectivity index (χ1v) is 9.76. The minimum absolute atomic E-state index is 0.261. The van der Waals surface area contributed by atoms with Crippen LogP contribution in [0, 0.1) is 3.57 Å². The van der Waals surface area contributed by atoms with Crippen molar-refractivity contribution in [3.63, 3.8) is 0 Å². The zero-order valence-electron chi connectivity index (χ0n) is 13.7. The topological polar surface area (TPSA) is 55.1 Å². The van der Waals surface area contributed by atoms with E-state index in [4.69, 9.17) is 27.6 Å². The summed E-state index contributed by atoms with van der Waals surface area (Å²) >= 11 is 14.2. The van der Waals surface area contributed by atoms with Crippen LogP contribution in [0.2, 0.25) is 10.0 Å². The average Bonchev–Trinajstić information content (AvgIpc) is 3.07. The van der Waals surface area contributed by atoms with Crippen molar-refractivity contribution < 1.29 is 9.21 Å². The predicted molar refractivity (Wildman–Crippen MR) is 117 cm³/mol. The van der Waals surface area contributed by atoms with Gasteiger partial charge in [-0.25, -0.2) is 4.98 Å². The molecule has 0 unspecified atom stereocenters. The fraction of sp³-hybridized carbons (Fsp3) is 0. The number of benzene rings is 3. The van der Waals surface area contributed by atoms with Crippen LogP contribution in [0.5, 0.6) is 0 Å². The Kier molecular flexibility index (Phi) is 5.08. The van der Waals surface area contributed by atoms with Crippen molar-refractivity contribution >= 4 is 68.5 Å². The summed E-state index contributed by atoms with van der Waals surface area (Å²) in [6.45, 7) is 0. The molecule has 1 N–H and O–H groups in total. The van der Waals surface area contributed by atoms with E-state index in [1.54, 1.807) is 42.5 Å². The molecule has 0 bridgehead atoms. The van der Waals surface area contributed by atoms with Crippen LogP contribution in [0.25, 0.3) is 22.6 Å². The van der Waals surface area contributed by atoms with Crippen molar-refractivity contribution in [3.05, 3.63) is 79.8 Å². The lowest BCUT2D eigenvalue weighted by Crippen LogP contribution is -2.12. The van der Waals surface area contributed by atoms with E-state index in [2.05, 4.69) is 32.9 Å². The first-order valence-electron chi connectivity index (χ1n) is 7.92. The Labute approximate surface area is 178 Å². The molecule has 0 radical (unpaired) electrons. The second kappa shape index (κ2) is 7.50. The molecular weight excluding hydrogens is 498 g/mol. The maximum atomic E-state index is 12.4. The van der Waals surface area contributed by atoms with Crippen LogP contribution in [0.3, 0.4) is 0 Å². The summed E-state index contributed by atoms with van der Waals surface area (Å²) in [6, 6.07) is 17.8. The monoisotopic (exact) mass is 508 g/mol. The predicted octanol–water partition coefficient (Wildman–Crippen LogP) is 6.66. The standard InChI is InChI=1S/C20H11Cl2IN2O2/c21-12-3-8-18-17(9-12)25-20(27-18)11-1-5-14(6-2-11)24-19(26)15-10-13(23)4-7-16(15)22/h1-10H,(H,24,26). The molecule has 1 aromatic heterocycles. The normalized spacial score (nSPS) is 10.9. The van der Waals surface area contributed by atoms with Gasteiger partial charge in [-0.05, 0) is 83.3 Å². The van der Waals surface area contributed by atoms with E-state index in [0.29, 0.717) is 38.3 Å². The molecular formula is C20H11Cl2IN2O2. The average molecular weight is 509 g/mol. The SMILES string of the molecule is O=C(Nc1ccc(-c2nc3cc(Cl)ccc3o2)cc1)c1cc(I)ccc1Cl. The Balaban J connectivity index is 1.56. The van der Waals surface area contributed by atoms with Gasteiger partial charge in [0, 0.05) is 19.8 Å². The van der Waals surface area contributed by atoms with Crippen molar-refractivity contribution in [2.24, 2.45) is 0 Å². The third-order valence-corrected chi connectivity index (χ3v) is 5.15. The van der Waals surface area contributed by atoms with Crippen LogP contribution in [0.15, 0.2) is 65.1 Å². The highest BCUT2D eigenvalue weighted by molar-refractivity contribution is 14.1. The molecule has 4 nitrogen and oxygen atoms in total. The summed E-state index contributed by atoms with van der Waals surface area (Å²) in [5, 5.41) is 3.86. The van der Waals surface area contributed by atoms with Gasteiger partial charge in [-0.3, -0.25) is 4.79 Å². The number of amides is 1. The Morgan fingerprint density at radius 2 is 1.78 bits per heavy atom. The van der Waals surface area contributed by atoms with Gasteiger partial charge in [-0.1, -0.05) is 23.2 Å². The van der Waals surface area contributed by atoms with Gasteiger partial charge >= 0.3 is 0 Å². The van der Waals surface area contributed by atoms with E-state index < -0.39 is 0 Å². The fourth-order valence-corrected chi connectivity index (χ4v) is 3.45. The number of nitrogens with one attached hydrogen (secondary N) is 1. The highest BCUT2D eigenvalue weighted by Crippen LogP contribution is 2.27. The zero-order chi connectivity index (χ0) is 19.0. The molecule has 0 aliphatic heterocycles. The summed E-state index contributed by atoms with van der Waals surface area (Å²) in [5.74, 6) is 0.230. The molecule has 4 aromatic rings. The molecule has 0 aliphatic rings. The second-order valence-corrected chi connectivity index (χ2v) is 7.88. The number of carbonyl (C=O) groups is 1. The van der Waals surface area contributed by atoms with Gasteiger partial charge in [0.15, 0.2) is 5.58 Å². The number of rotatable bonds is 3. The molecule has 0 saturated carbocycles. The van der Waals surface area contributed by atoms with Gasteiger partial charge in [0.2, 0.25) is 5.89 Å². The minimum Gasteiger partial charge on any atom is -0.436 e. The van der Waals surface area contributed by atoms with Crippen molar-refractivity contribution in [1.29, 1.82) is 0 Å². The van der Waals surface area contributed by atoms with E-state index in [9.17, 15) is 4.79 Å². The molecule has 0 saturated heterocycles.